The number of sulfonamides is 1. The number of carbonyl (C=O) groups is 2. The fourth-order valence-electron chi connectivity index (χ4n) is 4.48. The smallest absolute Gasteiger partial charge is 0.264 e. The molecule has 3 aromatic rings. The fourth-order valence-corrected chi connectivity index (χ4v) is 5.91. The molecule has 0 spiro atoms. The molecule has 226 valence electrons. The Morgan fingerprint density at radius 1 is 0.857 bits per heavy atom. The van der Waals surface area contributed by atoms with E-state index in [-0.39, 0.29) is 23.1 Å². The molecule has 3 aromatic carbocycles. The molecule has 11 heteroatoms. The van der Waals surface area contributed by atoms with Crippen LogP contribution >= 0.6 is 0 Å². The van der Waals surface area contributed by atoms with E-state index in [2.05, 4.69) is 5.32 Å². The van der Waals surface area contributed by atoms with Crippen molar-refractivity contribution in [2.45, 2.75) is 44.2 Å². The highest BCUT2D eigenvalue weighted by molar-refractivity contribution is 7.92. The van der Waals surface area contributed by atoms with Crippen molar-refractivity contribution in [1.82, 2.24) is 10.2 Å². The number of hydrogen-bond donors (Lipinski definition) is 1. The largest absolute Gasteiger partial charge is 0.497 e. The molecule has 1 atom stereocenters. The van der Waals surface area contributed by atoms with Crippen LogP contribution in [-0.2, 0) is 26.2 Å². The highest BCUT2D eigenvalue weighted by Crippen LogP contribution is 2.32. The summed E-state index contributed by atoms with van der Waals surface area (Å²) in [6.07, 6.45) is 1.07. The van der Waals surface area contributed by atoms with Crippen LogP contribution in [0.4, 0.5) is 5.69 Å². The number of nitrogens with zero attached hydrogens (tertiary/aromatic N) is 2. The van der Waals surface area contributed by atoms with E-state index in [0.29, 0.717) is 30.2 Å². The number of nitrogens with one attached hydrogen (secondary N) is 1. The van der Waals surface area contributed by atoms with E-state index in [1.165, 1.54) is 37.3 Å². The summed E-state index contributed by atoms with van der Waals surface area (Å²) in [6.45, 7) is 3.75. The molecule has 42 heavy (non-hydrogen) atoms. The van der Waals surface area contributed by atoms with E-state index in [4.69, 9.17) is 14.2 Å². The molecule has 0 aliphatic heterocycles. The Morgan fingerprint density at radius 3 is 2.19 bits per heavy atom. The van der Waals surface area contributed by atoms with Crippen molar-refractivity contribution in [3.8, 4) is 17.2 Å². The maximum absolute atomic E-state index is 14.1. The van der Waals surface area contributed by atoms with Crippen LogP contribution in [0.25, 0.3) is 0 Å². The minimum absolute atomic E-state index is 0.0765. The van der Waals surface area contributed by atoms with Gasteiger partial charge in [0.05, 0.1) is 31.9 Å². The highest BCUT2D eigenvalue weighted by Gasteiger charge is 2.34. The molecule has 0 aliphatic carbocycles. The van der Waals surface area contributed by atoms with Gasteiger partial charge >= 0.3 is 0 Å². The van der Waals surface area contributed by atoms with E-state index in [1.807, 2.05) is 19.9 Å². The van der Waals surface area contributed by atoms with Crippen molar-refractivity contribution in [1.29, 1.82) is 0 Å². The normalized spacial score (nSPS) is 11.7. The number of carbonyl (C=O) groups excluding carboxylic acids is 2. The first-order valence-corrected chi connectivity index (χ1v) is 15.1. The second-order valence-electron chi connectivity index (χ2n) is 9.45. The summed E-state index contributed by atoms with van der Waals surface area (Å²) in [4.78, 5) is 28.7. The predicted octanol–water partition coefficient (Wildman–Crippen LogP) is 4.24. The van der Waals surface area contributed by atoms with E-state index in [9.17, 15) is 18.0 Å². The number of rotatable bonds is 15. The Bertz CT molecular complexity index is 1450. The van der Waals surface area contributed by atoms with Gasteiger partial charge in [-0.25, -0.2) is 8.42 Å². The van der Waals surface area contributed by atoms with Gasteiger partial charge in [-0.1, -0.05) is 44.2 Å². The molecule has 0 saturated carbocycles. The van der Waals surface area contributed by atoms with E-state index in [0.717, 1.165) is 16.3 Å². The average molecular weight is 598 g/mol. The first kappa shape index (κ1) is 32.3. The standard InChI is InChI=1S/C31H39N3O7S/c1-6-18-32-31(36)27(7-2)33(21-23-12-11-15-25(19-23)39-3)30(35)22-34(24-13-9-8-10-14-24)42(37,38)26-16-17-28(40-4)29(20-26)41-5/h8-17,19-20,27H,6-7,18,21-22H2,1-5H3,(H,32,36)/t27-/m1/s1. The molecule has 3 rings (SSSR count). The predicted molar refractivity (Wildman–Crippen MR) is 161 cm³/mol. The molecular weight excluding hydrogens is 558 g/mol. The molecule has 0 bridgehead atoms. The van der Waals surface area contributed by atoms with Crippen molar-refractivity contribution in [3.05, 3.63) is 78.4 Å². The Kier molecular flexibility index (Phi) is 11.6. The Balaban J connectivity index is 2.07. The minimum atomic E-state index is -4.26. The van der Waals surface area contributed by atoms with Gasteiger partial charge in [-0.3, -0.25) is 13.9 Å². The summed E-state index contributed by atoms with van der Waals surface area (Å²) < 4.78 is 45.1. The molecule has 0 radical (unpaired) electrons. The molecule has 10 nitrogen and oxygen atoms in total. The van der Waals surface area contributed by atoms with Crippen LogP contribution in [0, 0.1) is 0 Å². The van der Waals surface area contributed by atoms with Gasteiger partial charge in [0.25, 0.3) is 10.0 Å². The van der Waals surface area contributed by atoms with Gasteiger partial charge in [0.1, 0.15) is 18.3 Å². The van der Waals surface area contributed by atoms with Crippen LogP contribution in [0.1, 0.15) is 32.3 Å². The number of amides is 2. The quantitative estimate of drug-likeness (QED) is 0.279. The van der Waals surface area contributed by atoms with Gasteiger partial charge in [0.15, 0.2) is 11.5 Å². The monoisotopic (exact) mass is 597 g/mol. The molecule has 2 amide bonds. The van der Waals surface area contributed by atoms with Gasteiger partial charge in [0.2, 0.25) is 11.8 Å². The third-order valence-electron chi connectivity index (χ3n) is 6.69. The second-order valence-corrected chi connectivity index (χ2v) is 11.3. The summed E-state index contributed by atoms with van der Waals surface area (Å²) in [7, 11) is 0.158. The second kappa shape index (κ2) is 15.1. The summed E-state index contributed by atoms with van der Waals surface area (Å²) in [5.74, 6) is 0.363. The summed E-state index contributed by atoms with van der Waals surface area (Å²) in [6, 6.07) is 19.0. The zero-order valence-electron chi connectivity index (χ0n) is 24.7. The first-order valence-electron chi connectivity index (χ1n) is 13.7. The lowest BCUT2D eigenvalue weighted by molar-refractivity contribution is -0.140. The van der Waals surface area contributed by atoms with Crippen molar-refractivity contribution in [2.75, 3.05) is 38.7 Å². The molecule has 0 aliphatic rings. The number of benzene rings is 3. The summed E-state index contributed by atoms with van der Waals surface area (Å²) in [5.41, 5.74) is 1.03. The fraction of sp³-hybridized carbons (Fsp3) is 0.355. The molecule has 0 saturated heterocycles. The average Bonchev–Trinajstić information content (AvgIpc) is 3.02. The molecule has 0 aromatic heterocycles. The lowest BCUT2D eigenvalue weighted by Gasteiger charge is -2.33. The van der Waals surface area contributed by atoms with Crippen molar-refractivity contribution in [3.63, 3.8) is 0 Å². The Hall–Kier alpha value is -4.25. The third-order valence-corrected chi connectivity index (χ3v) is 8.46. The zero-order chi connectivity index (χ0) is 30.7. The van der Waals surface area contributed by atoms with Crippen LogP contribution in [0.3, 0.4) is 0 Å². The lowest BCUT2D eigenvalue weighted by atomic mass is 10.1. The molecule has 0 heterocycles. The summed E-state index contributed by atoms with van der Waals surface area (Å²) >= 11 is 0. The highest BCUT2D eigenvalue weighted by atomic mass is 32.2. The number of methoxy groups -OCH3 is 3. The molecular formula is C31H39N3O7S. The zero-order valence-corrected chi connectivity index (χ0v) is 25.5. The maximum atomic E-state index is 14.1. The van der Waals surface area contributed by atoms with E-state index in [1.54, 1.807) is 55.6 Å². The van der Waals surface area contributed by atoms with Crippen LogP contribution in [-0.4, -0.2) is 65.6 Å². The number of hydrogen-bond acceptors (Lipinski definition) is 7. The van der Waals surface area contributed by atoms with Gasteiger partial charge in [0, 0.05) is 19.2 Å². The van der Waals surface area contributed by atoms with Gasteiger partial charge in [-0.15, -0.1) is 0 Å². The number of ether oxygens (including phenoxy) is 3. The summed E-state index contributed by atoms with van der Waals surface area (Å²) in [5, 5.41) is 2.88. The van der Waals surface area contributed by atoms with Gasteiger partial charge < -0.3 is 24.4 Å². The number of para-hydroxylation sites is 1. The van der Waals surface area contributed by atoms with Crippen molar-refractivity contribution in [2.24, 2.45) is 0 Å². The van der Waals surface area contributed by atoms with Gasteiger partial charge in [-0.2, -0.15) is 0 Å². The molecule has 1 N–H and O–H groups in total. The van der Waals surface area contributed by atoms with E-state index < -0.39 is 28.5 Å². The first-order chi connectivity index (χ1) is 20.2. The maximum Gasteiger partial charge on any atom is 0.264 e. The van der Waals surface area contributed by atoms with Crippen LogP contribution in [0.15, 0.2) is 77.7 Å². The molecule has 0 fully saturated rings. The van der Waals surface area contributed by atoms with E-state index >= 15 is 0 Å². The number of anilines is 1. The Morgan fingerprint density at radius 2 is 1.57 bits per heavy atom. The van der Waals surface area contributed by atoms with Crippen LogP contribution < -0.4 is 23.8 Å². The molecule has 0 unspecified atom stereocenters. The van der Waals surface area contributed by atoms with Crippen molar-refractivity contribution < 1.29 is 32.2 Å². The topological polar surface area (TPSA) is 114 Å². The Labute approximate surface area is 248 Å². The van der Waals surface area contributed by atoms with Crippen LogP contribution in [0.5, 0.6) is 17.2 Å². The van der Waals surface area contributed by atoms with Crippen molar-refractivity contribution >= 4 is 27.5 Å². The SMILES string of the molecule is CCCNC(=O)[C@@H](CC)N(Cc1cccc(OC)c1)C(=O)CN(c1ccccc1)S(=O)(=O)c1ccc(OC)c(OC)c1. The van der Waals surface area contributed by atoms with Crippen LogP contribution in [0.2, 0.25) is 0 Å². The van der Waals surface area contributed by atoms with Gasteiger partial charge in [-0.05, 0) is 54.8 Å². The third kappa shape index (κ3) is 7.73. The lowest BCUT2D eigenvalue weighted by Crippen LogP contribution is -2.52. The minimum Gasteiger partial charge on any atom is -0.497 e.